The number of fused-ring (bicyclic) bond motifs is 1. The summed E-state index contributed by atoms with van der Waals surface area (Å²) >= 11 is 1.47. The van der Waals surface area contributed by atoms with Gasteiger partial charge in [-0.2, -0.15) is 5.10 Å². The molecule has 0 fully saturated rings. The highest BCUT2D eigenvalue weighted by molar-refractivity contribution is 7.20. The number of para-hydroxylation sites is 1. The number of amidine groups is 1. The minimum Gasteiger partial charge on any atom is -0.320 e. The fraction of sp³-hybridized carbons (Fsp3) is 0.111. The minimum absolute atomic E-state index is 0.166. The highest BCUT2D eigenvalue weighted by Gasteiger charge is 2.26. The SMILES string of the molecule is NC1CN(c2ccccc2)N=C1NC(=O)c1cc2ccccc2s1. The molecule has 2 heterocycles. The third kappa shape index (κ3) is 2.77. The summed E-state index contributed by atoms with van der Waals surface area (Å²) < 4.78 is 1.09. The van der Waals surface area contributed by atoms with Crippen LogP contribution in [0.1, 0.15) is 9.67 Å². The van der Waals surface area contributed by atoms with Crippen LogP contribution in [0.2, 0.25) is 0 Å². The quantitative estimate of drug-likeness (QED) is 0.756. The first-order valence-corrected chi connectivity index (χ1v) is 8.49. The second kappa shape index (κ2) is 6.07. The Balaban J connectivity index is 1.54. The van der Waals surface area contributed by atoms with Crippen molar-refractivity contribution in [2.75, 3.05) is 11.6 Å². The molecule has 0 radical (unpaired) electrons. The molecule has 0 saturated heterocycles. The van der Waals surface area contributed by atoms with Gasteiger partial charge in [0.05, 0.1) is 23.2 Å². The molecule has 0 saturated carbocycles. The van der Waals surface area contributed by atoms with Crippen LogP contribution in [0.15, 0.2) is 65.8 Å². The van der Waals surface area contributed by atoms with Crippen LogP contribution in [0, 0.1) is 0 Å². The molecule has 1 aliphatic heterocycles. The Hall–Kier alpha value is -2.70. The number of nitrogens with one attached hydrogen (secondary N) is 1. The molecule has 3 aromatic rings. The number of nitrogens with two attached hydrogens (primary N) is 1. The van der Waals surface area contributed by atoms with Crippen LogP contribution < -0.4 is 16.1 Å². The normalized spacial score (nSPS) is 17.1. The zero-order valence-corrected chi connectivity index (χ0v) is 13.7. The number of anilines is 1. The van der Waals surface area contributed by atoms with E-state index >= 15 is 0 Å². The number of hydrogen-bond donors (Lipinski definition) is 2. The fourth-order valence-electron chi connectivity index (χ4n) is 2.67. The van der Waals surface area contributed by atoms with Crippen molar-refractivity contribution in [3.63, 3.8) is 0 Å². The average Bonchev–Trinajstić information content (AvgIpc) is 3.20. The summed E-state index contributed by atoms with van der Waals surface area (Å²) in [6.45, 7) is 0.548. The predicted molar refractivity (Wildman–Crippen MR) is 98.5 cm³/mol. The van der Waals surface area contributed by atoms with Gasteiger partial charge < -0.3 is 11.1 Å². The molecule has 1 aliphatic rings. The van der Waals surface area contributed by atoms with Crippen molar-refractivity contribution in [2.45, 2.75) is 6.04 Å². The summed E-state index contributed by atoms with van der Waals surface area (Å²) in [6.07, 6.45) is 0. The molecular formula is C18H16N4OS. The molecular weight excluding hydrogens is 320 g/mol. The summed E-state index contributed by atoms with van der Waals surface area (Å²) in [4.78, 5) is 13.2. The Labute approximate surface area is 143 Å². The molecule has 2 aromatic carbocycles. The van der Waals surface area contributed by atoms with Crippen LogP contribution in [0.5, 0.6) is 0 Å². The van der Waals surface area contributed by atoms with E-state index in [1.807, 2.05) is 65.7 Å². The van der Waals surface area contributed by atoms with Gasteiger partial charge in [0.15, 0.2) is 0 Å². The predicted octanol–water partition coefficient (Wildman–Crippen LogP) is 2.79. The Bertz CT molecular complexity index is 886. The molecule has 0 aliphatic carbocycles. The summed E-state index contributed by atoms with van der Waals surface area (Å²) in [7, 11) is 0. The topological polar surface area (TPSA) is 70.7 Å². The van der Waals surface area contributed by atoms with Crippen LogP contribution in [0.4, 0.5) is 5.69 Å². The van der Waals surface area contributed by atoms with Gasteiger partial charge in [0, 0.05) is 4.70 Å². The van der Waals surface area contributed by atoms with Gasteiger partial charge in [0.2, 0.25) is 0 Å². The number of hydrogen-bond acceptors (Lipinski definition) is 5. The van der Waals surface area contributed by atoms with Gasteiger partial charge in [-0.1, -0.05) is 36.4 Å². The van der Waals surface area contributed by atoms with Crippen molar-refractivity contribution in [3.8, 4) is 0 Å². The maximum absolute atomic E-state index is 12.5. The minimum atomic E-state index is -0.316. The first-order valence-electron chi connectivity index (χ1n) is 7.67. The highest BCUT2D eigenvalue weighted by Crippen LogP contribution is 2.25. The largest absolute Gasteiger partial charge is 0.320 e. The number of nitrogens with zero attached hydrogens (tertiary/aromatic N) is 2. The van der Waals surface area contributed by atoms with E-state index in [9.17, 15) is 4.79 Å². The number of rotatable bonds is 2. The van der Waals surface area contributed by atoms with Crippen LogP contribution in [0.3, 0.4) is 0 Å². The van der Waals surface area contributed by atoms with Crippen molar-refractivity contribution in [3.05, 3.63) is 65.5 Å². The molecule has 1 aromatic heterocycles. The molecule has 1 atom stereocenters. The molecule has 3 N–H and O–H groups in total. The highest BCUT2D eigenvalue weighted by atomic mass is 32.1. The number of hydrazone groups is 1. The van der Waals surface area contributed by atoms with E-state index in [4.69, 9.17) is 5.73 Å². The average molecular weight is 336 g/mol. The van der Waals surface area contributed by atoms with Gasteiger partial charge in [-0.3, -0.25) is 9.80 Å². The van der Waals surface area contributed by atoms with Gasteiger partial charge >= 0.3 is 0 Å². The van der Waals surface area contributed by atoms with Gasteiger partial charge in [-0.15, -0.1) is 11.3 Å². The smallest absolute Gasteiger partial charge is 0.266 e. The summed E-state index contributed by atoms with van der Waals surface area (Å²) in [5.74, 6) is 0.335. The van der Waals surface area contributed by atoms with Gasteiger partial charge in [-0.25, -0.2) is 0 Å². The summed E-state index contributed by atoms with van der Waals surface area (Å²) in [5, 5.41) is 10.2. The van der Waals surface area contributed by atoms with E-state index in [-0.39, 0.29) is 11.9 Å². The van der Waals surface area contributed by atoms with Crippen LogP contribution in [0.25, 0.3) is 10.1 Å². The Morgan fingerprint density at radius 1 is 1.17 bits per heavy atom. The van der Waals surface area contributed by atoms with E-state index in [0.717, 1.165) is 15.8 Å². The number of benzene rings is 2. The first-order chi connectivity index (χ1) is 11.7. The van der Waals surface area contributed by atoms with E-state index < -0.39 is 0 Å². The Morgan fingerprint density at radius 2 is 1.92 bits per heavy atom. The third-order valence-electron chi connectivity index (χ3n) is 3.89. The maximum atomic E-state index is 12.5. The molecule has 120 valence electrons. The van der Waals surface area contributed by atoms with Gasteiger partial charge in [0.1, 0.15) is 5.84 Å². The lowest BCUT2D eigenvalue weighted by atomic mass is 10.2. The first kappa shape index (κ1) is 14.9. The zero-order chi connectivity index (χ0) is 16.5. The molecule has 0 spiro atoms. The summed E-state index contributed by atoms with van der Waals surface area (Å²) in [5.41, 5.74) is 7.08. The zero-order valence-electron chi connectivity index (χ0n) is 12.8. The van der Waals surface area contributed by atoms with Gasteiger partial charge in [-0.05, 0) is 29.7 Å². The van der Waals surface area contributed by atoms with Crippen LogP contribution >= 0.6 is 11.3 Å². The number of carbonyl (C=O) groups excluding carboxylic acids is 1. The second-order valence-corrected chi connectivity index (χ2v) is 6.70. The molecule has 24 heavy (non-hydrogen) atoms. The molecule has 1 amide bonds. The maximum Gasteiger partial charge on any atom is 0.266 e. The lowest BCUT2D eigenvalue weighted by molar-refractivity contribution is 0.0980. The number of carbonyl (C=O) groups is 1. The molecule has 5 nitrogen and oxygen atoms in total. The van der Waals surface area contributed by atoms with E-state index in [1.54, 1.807) is 0 Å². The standard InChI is InChI=1S/C18H16N4OS/c19-14-11-22(13-7-2-1-3-8-13)21-17(14)20-18(23)16-10-12-6-4-5-9-15(12)24-16/h1-10,14H,11,19H2,(H,20,21,23). The molecule has 4 rings (SSSR count). The lowest BCUT2D eigenvalue weighted by Crippen LogP contribution is -2.43. The van der Waals surface area contributed by atoms with Gasteiger partial charge in [0.25, 0.3) is 5.91 Å². The molecule has 1 unspecified atom stereocenters. The monoisotopic (exact) mass is 336 g/mol. The Kier molecular flexibility index (Phi) is 3.76. The van der Waals surface area contributed by atoms with Crippen molar-refractivity contribution in [1.82, 2.24) is 5.32 Å². The molecule has 6 heteroatoms. The van der Waals surface area contributed by atoms with Crippen molar-refractivity contribution in [1.29, 1.82) is 0 Å². The Morgan fingerprint density at radius 3 is 2.71 bits per heavy atom. The van der Waals surface area contributed by atoms with E-state index in [2.05, 4.69) is 10.4 Å². The number of amides is 1. The fourth-order valence-corrected chi connectivity index (χ4v) is 3.63. The summed E-state index contributed by atoms with van der Waals surface area (Å²) in [6, 6.07) is 19.3. The second-order valence-electron chi connectivity index (χ2n) is 5.61. The van der Waals surface area contributed by atoms with Crippen molar-refractivity contribution in [2.24, 2.45) is 10.8 Å². The van der Waals surface area contributed by atoms with Crippen molar-refractivity contribution < 1.29 is 4.79 Å². The number of thiophene rings is 1. The van der Waals surface area contributed by atoms with E-state index in [1.165, 1.54) is 11.3 Å². The van der Waals surface area contributed by atoms with E-state index in [0.29, 0.717) is 17.3 Å². The molecule has 0 bridgehead atoms. The van der Waals surface area contributed by atoms with Crippen LogP contribution in [-0.2, 0) is 0 Å². The van der Waals surface area contributed by atoms with Crippen molar-refractivity contribution >= 4 is 38.9 Å². The third-order valence-corrected chi connectivity index (χ3v) is 5.01. The van der Waals surface area contributed by atoms with Crippen LogP contribution in [-0.4, -0.2) is 24.3 Å². The lowest BCUT2D eigenvalue weighted by Gasteiger charge is -2.13.